The topological polar surface area (TPSA) is 80.5 Å². The van der Waals surface area contributed by atoms with Gasteiger partial charge in [-0.2, -0.15) is 4.98 Å². The number of hydrogen-bond acceptors (Lipinski definition) is 6. The van der Waals surface area contributed by atoms with E-state index < -0.39 is 0 Å². The Bertz CT molecular complexity index is 804. The van der Waals surface area contributed by atoms with Gasteiger partial charge in [0.25, 0.3) is 0 Å². The van der Waals surface area contributed by atoms with Crippen molar-refractivity contribution in [1.29, 1.82) is 0 Å². The van der Waals surface area contributed by atoms with Gasteiger partial charge in [0.15, 0.2) is 0 Å². The molecular formula is C17H20ClN7. The fourth-order valence-corrected chi connectivity index (χ4v) is 2.49. The summed E-state index contributed by atoms with van der Waals surface area (Å²) in [5.74, 6) is 1.15. The van der Waals surface area contributed by atoms with Crippen LogP contribution in [-0.4, -0.2) is 31.5 Å². The summed E-state index contributed by atoms with van der Waals surface area (Å²) in [4.78, 5) is 8.62. The highest BCUT2D eigenvalue weighted by atomic mass is 35.5. The maximum absolute atomic E-state index is 6.09. The van der Waals surface area contributed by atoms with E-state index in [-0.39, 0.29) is 0 Å². The van der Waals surface area contributed by atoms with Crippen molar-refractivity contribution >= 4 is 23.4 Å². The van der Waals surface area contributed by atoms with Crippen LogP contribution in [0.4, 0.5) is 11.8 Å². The van der Waals surface area contributed by atoms with E-state index in [4.69, 9.17) is 11.6 Å². The highest BCUT2D eigenvalue weighted by molar-refractivity contribution is 6.29. The number of halogens is 1. The Morgan fingerprint density at radius 1 is 1.12 bits per heavy atom. The summed E-state index contributed by atoms with van der Waals surface area (Å²) < 4.78 is 1.77. The molecule has 0 unspecified atom stereocenters. The molecule has 3 rings (SSSR count). The van der Waals surface area contributed by atoms with Crippen molar-refractivity contribution in [2.24, 2.45) is 0 Å². The van der Waals surface area contributed by atoms with E-state index in [0.717, 1.165) is 25.2 Å². The third kappa shape index (κ3) is 5.15. The Hall–Kier alpha value is -2.67. The van der Waals surface area contributed by atoms with Gasteiger partial charge in [0.2, 0.25) is 5.95 Å². The predicted molar refractivity (Wildman–Crippen MR) is 98.7 cm³/mol. The molecule has 0 saturated carbocycles. The summed E-state index contributed by atoms with van der Waals surface area (Å²) in [5.41, 5.74) is 2.09. The molecule has 130 valence electrons. The van der Waals surface area contributed by atoms with Gasteiger partial charge in [0.1, 0.15) is 16.7 Å². The Morgan fingerprint density at radius 3 is 2.72 bits per heavy atom. The average Bonchev–Trinajstić information content (AvgIpc) is 3.09. The van der Waals surface area contributed by atoms with Crippen molar-refractivity contribution in [3.63, 3.8) is 0 Å². The van der Waals surface area contributed by atoms with E-state index in [1.165, 1.54) is 5.56 Å². The zero-order chi connectivity index (χ0) is 17.5. The number of anilines is 2. The summed E-state index contributed by atoms with van der Waals surface area (Å²) in [6, 6.07) is 12.0. The van der Waals surface area contributed by atoms with E-state index in [2.05, 4.69) is 43.0 Å². The molecule has 0 radical (unpaired) electrons. The molecule has 0 amide bonds. The zero-order valence-electron chi connectivity index (χ0n) is 14.0. The lowest BCUT2D eigenvalue weighted by Gasteiger charge is -2.09. The number of benzene rings is 1. The first-order valence-electron chi connectivity index (χ1n) is 8.18. The van der Waals surface area contributed by atoms with Crippen molar-refractivity contribution in [2.45, 2.75) is 26.4 Å². The second-order valence-corrected chi connectivity index (χ2v) is 5.87. The molecule has 1 aromatic carbocycles. The standard InChI is InChI=1S/C17H20ClN7/c1-2-25-12-14(23-24-25)11-20-17-21-15(18)10-16(22-17)19-9-8-13-6-4-3-5-7-13/h3-7,10,12H,2,8-9,11H2,1H3,(H2,19,20,21,22). The summed E-state index contributed by atoms with van der Waals surface area (Å²) in [5, 5.41) is 14.9. The SMILES string of the molecule is CCn1cc(CNc2nc(Cl)cc(NCCc3ccccc3)n2)nn1. The lowest BCUT2D eigenvalue weighted by Crippen LogP contribution is -2.09. The smallest absolute Gasteiger partial charge is 0.226 e. The summed E-state index contributed by atoms with van der Waals surface area (Å²) in [6.07, 6.45) is 2.79. The third-order valence-electron chi connectivity index (χ3n) is 3.60. The van der Waals surface area contributed by atoms with Gasteiger partial charge in [-0.3, -0.25) is 4.68 Å². The maximum atomic E-state index is 6.09. The van der Waals surface area contributed by atoms with Gasteiger partial charge in [0.05, 0.1) is 12.7 Å². The molecule has 0 fully saturated rings. The van der Waals surface area contributed by atoms with Crippen LogP contribution in [0.1, 0.15) is 18.2 Å². The van der Waals surface area contributed by atoms with Crippen LogP contribution in [0.5, 0.6) is 0 Å². The minimum Gasteiger partial charge on any atom is -0.370 e. The van der Waals surface area contributed by atoms with Crippen molar-refractivity contribution in [3.8, 4) is 0 Å². The van der Waals surface area contributed by atoms with Gasteiger partial charge < -0.3 is 10.6 Å². The minimum atomic E-state index is 0.386. The first-order valence-corrected chi connectivity index (χ1v) is 8.56. The molecule has 0 spiro atoms. The highest BCUT2D eigenvalue weighted by Crippen LogP contribution is 2.15. The Balaban J connectivity index is 1.56. The molecule has 7 nitrogen and oxygen atoms in total. The summed E-state index contributed by atoms with van der Waals surface area (Å²) >= 11 is 6.09. The molecule has 0 aliphatic carbocycles. The van der Waals surface area contributed by atoms with E-state index in [0.29, 0.717) is 23.5 Å². The molecular weight excluding hydrogens is 338 g/mol. The van der Waals surface area contributed by atoms with Gasteiger partial charge in [-0.1, -0.05) is 47.1 Å². The maximum Gasteiger partial charge on any atom is 0.226 e. The van der Waals surface area contributed by atoms with Crippen LogP contribution >= 0.6 is 11.6 Å². The van der Waals surface area contributed by atoms with Crippen LogP contribution in [-0.2, 0) is 19.5 Å². The van der Waals surface area contributed by atoms with Gasteiger partial charge >= 0.3 is 0 Å². The Kier molecular flexibility index (Phi) is 5.79. The fourth-order valence-electron chi connectivity index (χ4n) is 2.31. The van der Waals surface area contributed by atoms with Crippen LogP contribution in [0.15, 0.2) is 42.6 Å². The average molecular weight is 358 g/mol. The molecule has 2 aromatic heterocycles. The number of nitrogens with one attached hydrogen (secondary N) is 2. The van der Waals surface area contributed by atoms with Gasteiger partial charge in [-0.15, -0.1) is 5.10 Å². The van der Waals surface area contributed by atoms with Crippen LogP contribution in [0.2, 0.25) is 5.15 Å². The normalized spacial score (nSPS) is 10.6. The van der Waals surface area contributed by atoms with E-state index >= 15 is 0 Å². The third-order valence-corrected chi connectivity index (χ3v) is 3.79. The van der Waals surface area contributed by atoms with Crippen molar-refractivity contribution in [3.05, 3.63) is 59.0 Å². The molecule has 2 heterocycles. The van der Waals surface area contributed by atoms with E-state index in [1.807, 2.05) is 31.3 Å². The van der Waals surface area contributed by atoms with Crippen molar-refractivity contribution < 1.29 is 0 Å². The Labute approximate surface area is 151 Å². The fraction of sp³-hybridized carbons (Fsp3) is 0.294. The first kappa shape index (κ1) is 17.2. The van der Waals surface area contributed by atoms with Gasteiger partial charge in [0, 0.05) is 19.2 Å². The van der Waals surface area contributed by atoms with Crippen LogP contribution in [0, 0.1) is 0 Å². The second kappa shape index (κ2) is 8.43. The van der Waals surface area contributed by atoms with Crippen LogP contribution in [0.25, 0.3) is 0 Å². The molecule has 0 atom stereocenters. The second-order valence-electron chi connectivity index (χ2n) is 5.48. The first-order chi connectivity index (χ1) is 12.2. The molecule has 0 aliphatic rings. The minimum absolute atomic E-state index is 0.386. The van der Waals surface area contributed by atoms with E-state index in [1.54, 1.807) is 10.7 Å². The molecule has 0 aliphatic heterocycles. The largest absolute Gasteiger partial charge is 0.370 e. The van der Waals surface area contributed by atoms with Gasteiger partial charge in [-0.05, 0) is 18.9 Å². The molecule has 8 heteroatoms. The van der Waals surface area contributed by atoms with E-state index in [9.17, 15) is 0 Å². The highest BCUT2D eigenvalue weighted by Gasteiger charge is 2.05. The molecule has 0 saturated heterocycles. The zero-order valence-corrected chi connectivity index (χ0v) is 14.7. The summed E-state index contributed by atoms with van der Waals surface area (Å²) in [7, 11) is 0. The number of rotatable bonds is 8. The lowest BCUT2D eigenvalue weighted by molar-refractivity contribution is 0.626. The predicted octanol–water partition coefficient (Wildman–Crippen LogP) is 3.01. The van der Waals surface area contributed by atoms with Gasteiger partial charge in [-0.25, -0.2) is 4.98 Å². The number of aromatic nitrogens is 5. The molecule has 3 aromatic rings. The molecule has 25 heavy (non-hydrogen) atoms. The summed E-state index contributed by atoms with van der Waals surface area (Å²) in [6.45, 7) is 4.06. The molecule has 2 N–H and O–H groups in total. The molecule has 0 bridgehead atoms. The quantitative estimate of drug-likeness (QED) is 0.603. The van der Waals surface area contributed by atoms with Crippen LogP contribution < -0.4 is 10.6 Å². The number of aryl methyl sites for hydroxylation is 1. The number of nitrogens with zero attached hydrogens (tertiary/aromatic N) is 5. The van der Waals surface area contributed by atoms with Crippen molar-refractivity contribution in [1.82, 2.24) is 25.0 Å². The van der Waals surface area contributed by atoms with Crippen LogP contribution in [0.3, 0.4) is 0 Å². The monoisotopic (exact) mass is 357 g/mol. The Morgan fingerprint density at radius 2 is 1.96 bits per heavy atom. The van der Waals surface area contributed by atoms with Crippen molar-refractivity contribution in [2.75, 3.05) is 17.2 Å². The lowest BCUT2D eigenvalue weighted by atomic mass is 10.1. The number of hydrogen-bond donors (Lipinski definition) is 2.